The minimum atomic E-state index is -0.865. The molecule has 1 fully saturated rings. The van der Waals surface area contributed by atoms with E-state index < -0.39 is 11.9 Å². The number of hydrogen-bond donors (Lipinski definition) is 1. The third-order valence-electron chi connectivity index (χ3n) is 3.49. The maximum atomic E-state index is 11.3. The van der Waals surface area contributed by atoms with Gasteiger partial charge in [0.05, 0.1) is 41.6 Å². The van der Waals surface area contributed by atoms with E-state index in [0.29, 0.717) is 23.7 Å². The van der Waals surface area contributed by atoms with Crippen LogP contribution in [0.2, 0.25) is 5.02 Å². The van der Waals surface area contributed by atoms with E-state index in [9.17, 15) is 9.90 Å². The van der Waals surface area contributed by atoms with Gasteiger partial charge in [0.25, 0.3) is 0 Å². The number of benzene rings is 1. The lowest BCUT2D eigenvalue weighted by Gasteiger charge is -2.32. The van der Waals surface area contributed by atoms with Gasteiger partial charge in [0.2, 0.25) is 0 Å². The summed E-state index contributed by atoms with van der Waals surface area (Å²) in [5.74, 6) is -1.43. The Bertz CT molecular complexity index is 556. The van der Waals surface area contributed by atoms with Gasteiger partial charge in [-0.05, 0) is 25.1 Å². The highest BCUT2D eigenvalue weighted by Crippen LogP contribution is 2.32. The van der Waals surface area contributed by atoms with Gasteiger partial charge in [-0.1, -0.05) is 11.6 Å². The first-order valence-corrected chi connectivity index (χ1v) is 6.73. The molecule has 1 aromatic carbocycles. The van der Waals surface area contributed by atoms with Gasteiger partial charge < -0.3 is 14.7 Å². The van der Waals surface area contributed by atoms with Crippen LogP contribution >= 0.6 is 11.6 Å². The quantitative estimate of drug-likeness (QED) is 0.921. The Hall–Kier alpha value is -1.77. The van der Waals surface area contributed by atoms with Crippen molar-refractivity contribution in [1.29, 1.82) is 5.26 Å². The number of anilines is 1. The molecule has 2 atom stereocenters. The smallest absolute Gasteiger partial charge is 0.311 e. The molecular weight excluding hydrogens is 280 g/mol. The van der Waals surface area contributed by atoms with E-state index in [0.717, 1.165) is 5.69 Å². The fourth-order valence-electron chi connectivity index (χ4n) is 2.48. The molecule has 0 saturated carbocycles. The summed E-state index contributed by atoms with van der Waals surface area (Å²) in [7, 11) is 0. The maximum absolute atomic E-state index is 11.3. The summed E-state index contributed by atoms with van der Waals surface area (Å²) in [5, 5.41) is 18.5. The largest absolute Gasteiger partial charge is 0.481 e. The number of nitrogens with zero attached hydrogens (tertiary/aromatic N) is 2. The zero-order chi connectivity index (χ0) is 14.7. The number of carbonyl (C=O) groups is 1. The van der Waals surface area contributed by atoms with Crippen LogP contribution in [0.25, 0.3) is 0 Å². The van der Waals surface area contributed by atoms with E-state index in [1.807, 2.05) is 17.9 Å². The van der Waals surface area contributed by atoms with Crippen LogP contribution in [0.5, 0.6) is 0 Å². The van der Waals surface area contributed by atoms with Crippen LogP contribution in [0, 0.1) is 17.2 Å². The first kappa shape index (κ1) is 14.6. The molecule has 2 rings (SSSR count). The predicted octanol–water partition coefficient (Wildman–Crippen LogP) is 2.14. The van der Waals surface area contributed by atoms with Crippen molar-refractivity contribution in [3.8, 4) is 6.07 Å². The summed E-state index contributed by atoms with van der Waals surface area (Å²) in [4.78, 5) is 13.2. The maximum Gasteiger partial charge on any atom is 0.311 e. The van der Waals surface area contributed by atoms with Gasteiger partial charge in [-0.2, -0.15) is 5.26 Å². The molecule has 0 bridgehead atoms. The summed E-state index contributed by atoms with van der Waals surface area (Å²) in [5.41, 5.74) is 1.21. The van der Waals surface area contributed by atoms with Crippen molar-refractivity contribution in [1.82, 2.24) is 0 Å². The average Bonchev–Trinajstić information content (AvgIpc) is 2.90. The molecule has 5 nitrogen and oxygen atoms in total. The second-order valence-corrected chi connectivity index (χ2v) is 5.02. The van der Waals surface area contributed by atoms with E-state index in [-0.39, 0.29) is 12.6 Å². The Labute approximate surface area is 122 Å². The number of hydrogen-bond acceptors (Lipinski definition) is 4. The molecule has 1 saturated heterocycles. The SMILES string of the molecule is CCN(c1ccc(C#N)cc1Cl)C1COCC1C(=O)O. The zero-order valence-corrected chi connectivity index (χ0v) is 11.8. The van der Waals surface area contributed by atoms with Gasteiger partial charge in [0.15, 0.2) is 0 Å². The molecule has 0 spiro atoms. The molecule has 0 aliphatic carbocycles. The Morgan fingerprint density at radius 3 is 2.90 bits per heavy atom. The van der Waals surface area contributed by atoms with Crippen LogP contribution in [-0.2, 0) is 9.53 Å². The standard InChI is InChI=1S/C14H15ClN2O3/c1-2-17(13-8-20-7-10(13)14(18)19)12-4-3-9(6-16)5-11(12)15/h3-5,10,13H,2,7-8H2,1H3,(H,18,19). The minimum Gasteiger partial charge on any atom is -0.481 e. The highest BCUT2D eigenvalue weighted by molar-refractivity contribution is 6.33. The lowest BCUT2D eigenvalue weighted by Crippen LogP contribution is -2.43. The molecule has 1 aliphatic rings. The van der Waals surface area contributed by atoms with Crippen molar-refractivity contribution in [2.45, 2.75) is 13.0 Å². The number of carboxylic acids is 1. The lowest BCUT2D eigenvalue weighted by atomic mass is 10.0. The predicted molar refractivity (Wildman–Crippen MR) is 74.9 cm³/mol. The molecule has 1 aliphatic heterocycles. The average molecular weight is 295 g/mol. The van der Waals surface area contributed by atoms with E-state index >= 15 is 0 Å². The van der Waals surface area contributed by atoms with Crippen LogP contribution < -0.4 is 4.90 Å². The third-order valence-corrected chi connectivity index (χ3v) is 3.80. The summed E-state index contributed by atoms with van der Waals surface area (Å²) < 4.78 is 5.30. The van der Waals surface area contributed by atoms with E-state index in [1.165, 1.54) is 0 Å². The van der Waals surface area contributed by atoms with Crippen molar-refractivity contribution >= 4 is 23.3 Å². The first-order valence-electron chi connectivity index (χ1n) is 6.35. The zero-order valence-electron chi connectivity index (χ0n) is 11.0. The van der Waals surface area contributed by atoms with Gasteiger partial charge in [0, 0.05) is 6.54 Å². The Kier molecular flexibility index (Phi) is 4.48. The number of halogens is 1. The van der Waals surface area contributed by atoms with Crippen molar-refractivity contribution in [3.63, 3.8) is 0 Å². The van der Waals surface area contributed by atoms with Gasteiger partial charge in [-0.3, -0.25) is 4.79 Å². The van der Waals surface area contributed by atoms with Crippen LogP contribution in [0.15, 0.2) is 18.2 Å². The van der Waals surface area contributed by atoms with Crippen LogP contribution in [0.1, 0.15) is 12.5 Å². The molecule has 0 amide bonds. The normalized spacial score (nSPS) is 21.4. The second kappa shape index (κ2) is 6.12. The number of likely N-dealkylation sites (N-methyl/N-ethyl adjacent to an activating group) is 1. The third kappa shape index (κ3) is 2.72. The van der Waals surface area contributed by atoms with Crippen molar-refractivity contribution in [2.75, 3.05) is 24.7 Å². The Morgan fingerprint density at radius 2 is 2.35 bits per heavy atom. The molecular formula is C14H15ClN2O3. The second-order valence-electron chi connectivity index (χ2n) is 4.61. The van der Waals surface area contributed by atoms with Crippen LogP contribution in [-0.4, -0.2) is 36.9 Å². The molecule has 1 N–H and O–H groups in total. The van der Waals surface area contributed by atoms with Crippen molar-refractivity contribution in [3.05, 3.63) is 28.8 Å². The summed E-state index contributed by atoms with van der Waals surface area (Å²) in [6.45, 7) is 3.13. The monoisotopic (exact) mass is 294 g/mol. The van der Waals surface area contributed by atoms with Crippen molar-refractivity contribution < 1.29 is 14.6 Å². The highest BCUT2D eigenvalue weighted by Gasteiger charge is 2.38. The van der Waals surface area contributed by atoms with Crippen LogP contribution in [0.3, 0.4) is 0 Å². The van der Waals surface area contributed by atoms with Crippen LogP contribution in [0.4, 0.5) is 5.69 Å². The number of carboxylic acid groups (broad SMARTS) is 1. The molecule has 1 aromatic rings. The first-order chi connectivity index (χ1) is 9.58. The Balaban J connectivity index is 2.33. The molecule has 0 aromatic heterocycles. The fourth-order valence-corrected chi connectivity index (χ4v) is 2.77. The van der Waals surface area contributed by atoms with E-state index in [4.69, 9.17) is 21.6 Å². The van der Waals surface area contributed by atoms with Crippen molar-refractivity contribution in [2.24, 2.45) is 5.92 Å². The fraction of sp³-hybridized carbons (Fsp3) is 0.429. The van der Waals surface area contributed by atoms with Gasteiger partial charge in [0.1, 0.15) is 5.92 Å². The highest BCUT2D eigenvalue weighted by atomic mass is 35.5. The molecule has 20 heavy (non-hydrogen) atoms. The number of ether oxygens (including phenoxy) is 1. The molecule has 6 heteroatoms. The summed E-state index contributed by atoms with van der Waals surface area (Å²) in [6, 6.07) is 6.80. The van der Waals surface area contributed by atoms with Gasteiger partial charge >= 0.3 is 5.97 Å². The molecule has 1 heterocycles. The van der Waals surface area contributed by atoms with Gasteiger partial charge in [-0.25, -0.2) is 0 Å². The minimum absolute atomic E-state index is 0.213. The number of aliphatic carboxylic acids is 1. The molecule has 106 valence electrons. The molecule has 0 radical (unpaired) electrons. The molecule has 2 unspecified atom stereocenters. The number of rotatable bonds is 4. The van der Waals surface area contributed by atoms with Gasteiger partial charge in [-0.15, -0.1) is 0 Å². The topological polar surface area (TPSA) is 73.6 Å². The van der Waals surface area contributed by atoms with E-state index in [1.54, 1.807) is 18.2 Å². The number of nitriles is 1. The lowest BCUT2D eigenvalue weighted by molar-refractivity contribution is -0.141. The van der Waals surface area contributed by atoms with E-state index in [2.05, 4.69) is 0 Å². The Morgan fingerprint density at radius 1 is 1.60 bits per heavy atom. The summed E-state index contributed by atoms with van der Waals surface area (Å²) in [6.07, 6.45) is 0. The summed E-state index contributed by atoms with van der Waals surface area (Å²) >= 11 is 6.21.